The highest BCUT2D eigenvalue weighted by Gasteiger charge is 2.25. The number of ether oxygens (including phenoxy) is 1. The van der Waals surface area contributed by atoms with Gasteiger partial charge in [0.2, 0.25) is 0 Å². The maximum atomic E-state index is 12.7. The zero-order chi connectivity index (χ0) is 102. The lowest BCUT2D eigenvalue weighted by molar-refractivity contribution is 0.0537. The summed E-state index contributed by atoms with van der Waals surface area (Å²) in [5.74, 6) is 3.03. The second kappa shape index (κ2) is 47.2. The lowest BCUT2D eigenvalue weighted by Crippen LogP contribution is -2.30. The van der Waals surface area contributed by atoms with Gasteiger partial charge in [-0.05, 0) is 286 Å². The van der Waals surface area contributed by atoms with Crippen LogP contribution in [-0.4, -0.2) is 119 Å². The number of carbonyl (C=O) groups is 6. The number of hydroxylamine groups is 1. The fourth-order valence-electron chi connectivity index (χ4n) is 17.9. The number of hydrogen-bond acceptors (Lipinski definition) is 11. The van der Waals surface area contributed by atoms with E-state index in [0.717, 1.165) is 55.1 Å². The number of hydrogen-bond donors (Lipinski definition) is 6. The van der Waals surface area contributed by atoms with Gasteiger partial charge in [0.15, 0.2) is 11.6 Å². The van der Waals surface area contributed by atoms with Crippen LogP contribution in [0.15, 0.2) is 213 Å². The monoisotopic (exact) mass is 1900 g/mol. The normalized spacial score (nSPS) is 11.6. The van der Waals surface area contributed by atoms with E-state index in [0.29, 0.717) is 130 Å². The standard InChI is InChI=1S/C21H28N4O2.C21H24N2O.2C19H24N4O.C18H26N2O.C16H22N2O2/c1-14(2)18-12-16-6-7-17(13-19(16)25(18)15(3)4)21(26)22-20-8-9-24(23-20)10-11-27-5;1-14(2)19-12-16-10-11-17(13-20(16)23(19)15(3)4)21(24)22-18-8-6-5-7-9-18;1-12(2)17-8-14-6-7-15(9-18(14)23(17)13(3)4)19(24)21-16-10-20-22(5)11-16;1-12(2)16-10-14-6-7-15(11-17(14)23(16)13(3)4)19(24)20-18-8-9-22(5)21-18;1-11(2)16-9-14-7-8-15(18(21)19-12(3)4)10-17(14)20(16)13(5)6;1-10(2)14-8-12-6-7-13(16(19)17-20-5)9-15(12)18(14)11(3)4/h6-9,12-15H,10-11H2,1-5H3,(H,22,23,26);5-15H,1-4H3,(H,22,24);6-13H,1-5H3,(H,21,24);6-13H,1-5H3,(H,20,21,24);7-13H,1-6H3,(H,19,21);6-11H,1-5H3,(H,17,19). The summed E-state index contributed by atoms with van der Waals surface area (Å²) in [6.45, 7) is 57.7. The lowest BCUT2D eigenvalue weighted by atomic mass is 10.1. The molecule has 0 bridgehead atoms. The minimum atomic E-state index is -0.225. The maximum absolute atomic E-state index is 12.7. The van der Waals surface area contributed by atoms with Crippen molar-refractivity contribution < 1.29 is 38.3 Å². The van der Waals surface area contributed by atoms with Crippen molar-refractivity contribution >= 4 is 124 Å². The van der Waals surface area contributed by atoms with E-state index in [1.54, 1.807) is 51.9 Å². The molecule has 0 fully saturated rings. The van der Waals surface area contributed by atoms with Gasteiger partial charge in [-0.1, -0.05) is 138 Å². The van der Waals surface area contributed by atoms with Crippen molar-refractivity contribution in [3.05, 3.63) is 280 Å². The summed E-state index contributed by atoms with van der Waals surface area (Å²) in [5, 5.41) is 34.2. The van der Waals surface area contributed by atoms with Crippen LogP contribution in [0.5, 0.6) is 0 Å². The van der Waals surface area contributed by atoms with Crippen molar-refractivity contribution in [2.24, 2.45) is 14.1 Å². The number of aromatic nitrogens is 12. The van der Waals surface area contributed by atoms with E-state index in [1.165, 1.54) is 62.8 Å². The molecule has 0 aliphatic heterocycles. The SMILES string of the molecule is CC(C)NC(=O)c1ccc2cc(C(C)C)n(C(C)C)c2c1.CC(C)c1cc2ccc(C(=O)Nc3ccccc3)cc2n1C(C)C.CC(C)c1cc2ccc(C(=O)Nc3ccn(C)n3)cc2n1C(C)C.CC(C)c1cc2ccc(C(=O)Nc3cnn(C)c3)cc2n1C(C)C.COCCn1ccc(NC(=O)c2ccc3cc(C(C)C)n(C(C)C)c3c2)n1.CONC(=O)c1ccc2cc(C(C)C)n(C(C)C)c2c1. The summed E-state index contributed by atoms with van der Waals surface area (Å²) < 4.78 is 24.0. The van der Waals surface area contributed by atoms with Crippen LogP contribution in [0.25, 0.3) is 65.4 Å². The second-order valence-corrected chi connectivity index (χ2v) is 39.9. The predicted molar refractivity (Wildman–Crippen MR) is 574 cm³/mol. The first-order valence-electron chi connectivity index (χ1n) is 49.2. The van der Waals surface area contributed by atoms with Crippen molar-refractivity contribution in [1.29, 1.82) is 0 Å². The van der Waals surface area contributed by atoms with Gasteiger partial charge in [0.25, 0.3) is 35.4 Å². The van der Waals surface area contributed by atoms with E-state index in [4.69, 9.17) is 4.74 Å². The van der Waals surface area contributed by atoms with E-state index in [9.17, 15) is 28.8 Å². The van der Waals surface area contributed by atoms with Gasteiger partial charge >= 0.3 is 0 Å². The number of nitrogens with zero attached hydrogens (tertiary/aromatic N) is 12. The molecule has 0 aliphatic carbocycles. The largest absolute Gasteiger partial charge is 0.383 e. The Kier molecular flexibility index (Phi) is 35.9. The molecule has 7 aromatic carbocycles. The molecule has 9 aromatic heterocycles. The summed E-state index contributed by atoms with van der Waals surface area (Å²) in [6, 6.07) is 64.0. The lowest BCUT2D eigenvalue weighted by Gasteiger charge is -2.17. The van der Waals surface area contributed by atoms with Crippen molar-refractivity contribution in [2.75, 3.05) is 42.1 Å². The Morgan fingerprint density at radius 3 is 0.857 bits per heavy atom. The maximum Gasteiger partial charge on any atom is 0.274 e. The van der Waals surface area contributed by atoms with Crippen LogP contribution >= 0.6 is 0 Å². The highest BCUT2D eigenvalue weighted by molar-refractivity contribution is 6.09. The number of nitrogens with one attached hydrogen (secondary N) is 6. The molecule has 0 unspecified atom stereocenters. The molecule has 0 spiro atoms. The minimum absolute atomic E-state index is 0.00509. The second-order valence-electron chi connectivity index (χ2n) is 39.9. The van der Waals surface area contributed by atoms with Crippen LogP contribution in [0.1, 0.15) is 348 Å². The quantitative estimate of drug-likeness (QED) is 0.0263. The summed E-state index contributed by atoms with van der Waals surface area (Å²) in [4.78, 5) is 79.1. The van der Waals surface area contributed by atoms with Crippen LogP contribution in [0.2, 0.25) is 0 Å². The molecule has 0 aliphatic rings. The zero-order valence-corrected chi connectivity index (χ0v) is 87.8. The molecule has 6 N–H and O–H groups in total. The first kappa shape index (κ1) is 107. The van der Waals surface area contributed by atoms with Gasteiger partial charge in [-0.2, -0.15) is 15.3 Å². The van der Waals surface area contributed by atoms with Crippen molar-refractivity contribution in [2.45, 2.75) is 264 Å². The summed E-state index contributed by atoms with van der Waals surface area (Å²) >= 11 is 0. The van der Waals surface area contributed by atoms with Gasteiger partial charge in [-0.25, -0.2) is 5.48 Å². The number of benzene rings is 7. The molecule has 16 aromatic rings. The first-order chi connectivity index (χ1) is 66.4. The van der Waals surface area contributed by atoms with Crippen LogP contribution < -0.4 is 32.1 Å². The molecule has 16 rings (SSSR count). The van der Waals surface area contributed by atoms with Crippen molar-refractivity contribution in [3.8, 4) is 0 Å². The number of carbonyl (C=O) groups excluding carboxylic acids is 6. The third-order valence-electron chi connectivity index (χ3n) is 24.4. The molecule has 0 saturated heterocycles. The van der Waals surface area contributed by atoms with Crippen LogP contribution in [0.3, 0.4) is 0 Å². The molecule has 9 heterocycles. The van der Waals surface area contributed by atoms with Crippen LogP contribution in [-0.2, 0) is 30.2 Å². The molecule has 26 heteroatoms. The molecule has 742 valence electrons. The van der Waals surface area contributed by atoms with Gasteiger partial charge in [-0.3, -0.25) is 47.7 Å². The van der Waals surface area contributed by atoms with Crippen LogP contribution in [0, 0.1) is 0 Å². The Balaban J connectivity index is 0.000000161. The fourth-order valence-corrected chi connectivity index (χ4v) is 17.9. The summed E-state index contributed by atoms with van der Waals surface area (Å²) in [5.41, 5.74) is 22.2. The van der Waals surface area contributed by atoms with Gasteiger partial charge < -0.3 is 58.7 Å². The average molecular weight is 1900 g/mol. The molecule has 0 saturated carbocycles. The Morgan fingerprint density at radius 2 is 0.593 bits per heavy atom. The smallest absolute Gasteiger partial charge is 0.274 e. The Morgan fingerprint density at radius 1 is 0.307 bits per heavy atom. The highest BCUT2D eigenvalue weighted by atomic mass is 16.6. The number of para-hydroxylation sites is 1. The number of methoxy groups -OCH3 is 1. The number of aryl methyl sites for hydroxylation is 2. The fraction of sp³-hybridized carbons (Fsp3) is 0.395. The van der Waals surface area contributed by atoms with Crippen molar-refractivity contribution in [3.63, 3.8) is 0 Å². The predicted octanol–water partition coefficient (Wildman–Crippen LogP) is 26.8. The Hall–Kier alpha value is -13.9. The van der Waals surface area contributed by atoms with Gasteiger partial charge in [-0.15, -0.1) is 0 Å². The number of rotatable bonds is 27. The average Bonchev–Trinajstić information content (AvgIpc) is 1.66. The molecule has 6 amide bonds. The highest BCUT2D eigenvalue weighted by Crippen LogP contribution is 2.38. The topological polar surface area (TPSA) is 276 Å². The van der Waals surface area contributed by atoms with Gasteiger partial charge in [0.1, 0.15) is 0 Å². The van der Waals surface area contributed by atoms with Gasteiger partial charge in [0, 0.05) is 201 Å². The molecular weight excluding hydrogens is 1750 g/mol. The number of fused-ring (bicyclic) bond motifs is 6. The van der Waals surface area contributed by atoms with E-state index in [-0.39, 0.29) is 41.5 Å². The number of amides is 6. The zero-order valence-electron chi connectivity index (χ0n) is 87.8. The third-order valence-corrected chi connectivity index (χ3v) is 24.4. The Labute approximate surface area is 825 Å². The number of anilines is 4. The van der Waals surface area contributed by atoms with E-state index in [2.05, 4.69) is 288 Å². The third kappa shape index (κ3) is 25.8. The Bertz CT molecular complexity index is 6830. The first-order valence-corrected chi connectivity index (χ1v) is 49.2. The van der Waals surface area contributed by atoms with Gasteiger partial charge in [0.05, 0.1) is 32.1 Å². The molecule has 0 radical (unpaired) electrons. The van der Waals surface area contributed by atoms with E-state index < -0.39 is 0 Å². The molecule has 26 nitrogen and oxygen atoms in total. The molecular formula is C114H148N18O8. The van der Waals surface area contributed by atoms with Crippen LogP contribution in [0.4, 0.5) is 23.0 Å². The molecule has 0 atom stereocenters. The summed E-state index contributed by atoms with van der Waals surface area (Å²) in [7, 11) is 6.74. The molecule has 140 heavy (non-hydrogen) atoms. The van der Waals surface area contributed by atoms with E-state index >= 15 is 0 Å². The minimum Gasteiger partial charge on any atom is -0.383 e. The van der Waals surface area contributed by atoms with Crippen molar-refractivity contribution in [1.82, 2.24) is 67.5 Å². The summed E-state index contributed by atoms with van der Waals surface area (Å²) in [6.07, 6.45) is 7.06. The van der Waals surface area contributed by atoms with E-state index in [1.807, 2.05) is 168 Å².